The number of rotatable bonds is 5. The maximum absolute atomic E-state index is 12.4. The van der Waals surface area contributed by atoms with Crippen molar-refractivity contribution >= 4 is 29.3 Å². The number of benzene rings is 2. The van der Waals surface area contributed by atoms with Gasteiger partial charge in [0.15, 0.2) is 0 Å². The lowest BCUT2D eigenvalue weighted by Crippen LogP contribution is -2.23. The van der Waals surface area contributed by atoms with Gasteiger partial charge in [-0.25, -0.2) is 4.79 Å². The maximum atomic E-state index is 12.4. The molecule has 0 saturated carbocycles. The molecule has 0 saturated heterocycles. The third-order valence-electron chi connectivity index (χ3n) is 3.34. The second-order valence-corrected chi connectivity index (χ2v) is 6.50. The lowest BCUT2D eigenvalue weighted by Gasteiger charge is -2.14. The average Bonchev–Trinajstić information content (AvgIpc) is 2.56. The second kappa shape index (κ2) is 7.83. The first kappa shape index (κ1) is 17.1. The van der Waals surface area contributed by atoms with Gasteiger partial charge in [0.1, 0.15) is 0 Å². The molecule has 0 fully saturated rings. The van der Waals surface area contributed by atoms with Crippen LogP contribution in [0.3, 0.4) is 0 Å². The molecule has 0 aliphatic carbocycles. The van der Waals surface area contributed by atoms with Gasteiger partial charge in [-0.05, 0) is 43.7 Å². The average molecular weight is 329 g/mol. The van der Waals surface area contributed by atoms with Crippen LogP contribution in [-0.4, -0.2) is 24.2 Å². The van der Waals surface area contributed by atoms with Crippen LogP contribution in [-0.2, 0) is 9.53 Å². The highest BCUT2D eigenvalue weighted by Crippen LogP contribution is 2.25. The molecule has 5 heteroatoms. The van der Waals surface area contributed by atoms with Crippen molar-refractivity contribution in [1.29, 1.82) is 0 Å². The summed E-state index contributed by atoms with van der Waals surface area (Å²) in [6, 6.07) is 14.9. The van der Waals surface area contributed by atoms with Gasteiger partial charge in [-0.1, -0.05) is 24.3 Å². The second-order valence-electron chi connectivity index (χ2n) is 5.08. The van der Waals surface area contributed by atoms with Crippen LogP contribution in [0.25, 0.3) is 0 Å². The van der Waals surface area contributed by atoms with Gasteiger partial charge in [-0.2, -0.15) is 0 Å². The van der Waals surface area contributed by atoms with Crippen LogP contribution in [0.4, 0.5) is 5.69 Å². The smallest absolute Gasteiger partial charge is 0.337 e. The predicted molar refractivity (Wildman–Crippen MR) is 92.9 cm³/mol. The Bertz CT molecular complexity index is 701. The standard InChI is InChI=1S/C18H19NO3S/c1-12-9-10-14(18(21)22-3)11-16(12)19-17(20)13(2)23-15-7-5-4-6-8-15/h4-11,13H,1-3H3,(H,19,20)/t13-/m1/s1. The van der Waals surface area contributed by atoms with Crippen LogP contribution in [0.5, 0.6) is 0 Å². The van der Waals surface area contributed by atoms with Crippen molar-refractivity contribution in [1.82, 2.24) is 0 Å². The molecule has 4 nitrogen and oxygen atoms in total. The fraction of sp³-hybridized carbons (Fsp3) is 0.222. The van der Waals surface area contributed by atoms with E-state index in [2.05, 4.69) is 5.32 Å². The molecular formula is C18H19NO3S. The zero-order valence-electron chi connectivity index (χ0n) is 13.3. The van der Waals surface area contributed by atoms with Gasteiger partial charge in [0.2, 0.25) is 5.91 Å². The van der Waals surface area contributed by atoms with Gasteiger partial charge in [0, 0.05) is 10.6 Å². The third-order valence-corrected chi connectivity index (χ3v) is 4.45. The van der Waals surface area contributed by atoms with Gasteiger partial charge in [-0.3, -0.25) is 4.79 Å². The van der Waals surface area contributed by atoms with E-state index in [1.807, 2.05) is 44.2 Å². The summed E-state index contributed by atoms with van der Waals surface area (Å²) in [6.07, 6.45) is 0. The number of ether oxygens (including phenoxy) is 1. The van der Waals surface area contributed by atoms with Crippen molar-refractivity contribution in [2.24, 2.45) is 0 Å². The zero-order valence-corrected chi connectivity index (χ0v) is 14.1. The lowest BCUT2D eigenvalue weighted by atomic mass is 10.1. The minimum atomic E-state index is -0.424. The van der Waals surface area contributed by atoms with E-state index in [4.69, 9.17) is 4.74 Å². The topological polar surface area (TPSA) is 55.4 Å². The first-order valence-corrected chi connectivity index (χ1v) is 8.10. The van der Waals surface area contributed by atoms with E-state index >= 15 is 0 Å². The Morgan fingerprint density at radius 2 is 1.83 bits per heavy atom. The van der Waals surface area contributed by atoms with Crippen molar-refractivity contribution in [3.63, 3.8) is 0 Å². The Balaban J connectivity index is 2.08. The van der Waals surface area contributed by atoms with E-state index in [0.717, 1.165) is 10.5 Å². The number of thioether (sulfide) groups is 1. The summed E-state index contributed by atoms with van der Waals surface area (Å²) in [7, 11) is 1.33. The molecule has 0 aliphatic rings. The maximum Gasteiger partial charge on any atom is 0.337 e. The molecule has 2 rings (SSSR count). The molecule has 0 heterocycles. The van der Waals surface area contributed by atoms with Crippen LogP contribution in [0.2, 0.25) is 0 Å². The minimum Gasteiger partial charge on any atom is -0.465 e. The molecule has 1 atom stereocenters. The van der Waals surface area contributed by atoms with Crippen LogP contribution >= 0.6 is 11.8 Å². The van der Waals surface area contributed by atoms with Crippen molar-refractivity contribution < 1.29 is 14.3 Å². The summed E-state index contributed by atoms with van der Waals surface area (Å²) in [4.78, 5) is 25.0. The fourth-order valence-electron chi connectivity index (χ4n) is 1.99. The minimum absolute atomic E-state index is 0.107. The van der Waals surface area contributed by atoms with E-state index in [9.17, 15) is 9.59 Å². The predicted octanol–water partition coefficient (Wildman–Crippen LogP) is 3.90. The number of hydrogen-bond donors (Lipinski definition) is 1. The molecule has 0 aromatic heterocycles. The Kier molecular flexibility index (Phi) is 5.82. The molecular weight excluding hydrogens is 310 g/mol. The molecule has 0 unspecified atom stereocenters. The van der Waals surface area contributed by atoms with Crippen LogP contribution in [0.15, 0.2) is 53.4 Å². The largest absolute Gasteiger partial charge is 0.465 e. The molecule has 0 radical (unpaired) electrons. The Morgan fingerprint density at radius 3 is 2.48 bits per heavy atom. The van der Waals surface area contributed by atoms with E-state index < -0.39 is 5.97 Å². The first-order chi connectivity index (χ1) is 11.0. The van der Waals surface area contributed by atoms with Gasteiger partial charge in [0.25, 0.3) is 0 Å². The van der Waals surface area contributed by atoms with E-state index in [-0.39, 0.29) is 11.2 Å². The van der Waals surface area contributed by atoms with Gasteiger partial charge in [-0.15, -0.1) is 11.8 Å². The summed E-state index contributed by atoms with van der Waals surface area (Å²) in [6.45, 7) is 3.73. The van der Waals surface area contributed by atoms with Crippen molar-refractivity contribution in [3.05, 3.63) is 59.7 Å². The van der Waals surface area contributed by atoms with E-state index in [1.54, 1.807) is 18.2 Å². The highest BCUT2D eigenvalue weighted by molar-refractivity contribution is 8.00. The number of hydrogen-bond acceptors (Lipinski definition) is 4. The SMILES string of the molecule is COC(=O)c1ccc(C)c(NC(=O)[C@@H](C)Sc2ccccc2)c1. The zero-order chi connectivity index (χ0) is 16.8. The van der Waals surface area contributed by atoms with Gasteiger partial charge < -0.3 is 10.1 Å². The molecule has 1 N–H and O–H groups in total. The highest BCUT2D eigenvalue weighted by Gasteiger charge is 2.16. The Morgan fingerprint density at radius 1 is 1.13 bits per heavy atom. The highest BCUT2D eigenvalue weighted by atomic mass is 32.2. The number of carbonyl (C=O) groups is 2. The molecule has 23 heavy (non-hydrogen) atoms. The Hall–Kier alpha value is -2.27. The molecule has 2 aromatic rings. The Labute approximate surface area is 140 Å². The number of anilines is 1. The van der Waals surface area contributed by atoms with Crippen LogP contribution < -0.4 is 5.32 Å². The van der Waals surface area contributed by atoms with E-state index in [0.29, 0.717) is 11.3 Å². The van der Waals surface area contributed by atoms with Crippen molar-refractivity contribution in [2.75, 3.05) is 12.4 Å². The fourth-order valence-corrected chi connectivity index (χ4v) is 2.88. The summed E-state index contributed by atoms with van der Waals surface area (Å²) in [5, 5.41) is 2.63. The monoisotopic (exact) mass is 329 g/mol. The lowest BCUT2D eigenvalue weighted by molar-refractivity contribution is -0.115. The molecule has 2 aromatic carbocycles. The molecule has 0 spiro atoms. The summed E-state index contributed by atoms with van der Waals surface area (Å²) < 4.78 is 4.71. The first-order valence-electron chi connectivity index (χ1n) is 7.23. The van der Waals surface area contributed by atoms with Crippen LogP contribution in [0, 0.1) is 6.92 Å². The number of aryl methyl sites for hydroxylation is 1. The number of methoxy groups -OCH3 is 1. The van der Waals surface area contributed by atoms with E-state index in [1.165, 1.54) is 18.9 Å². The summed E-state index contributed by atoms with van der Waals surface area (Å²) in [5.41, 5.74) is 1.93. The number of esters is 1. The molecule has 120 valence electrons. The summed E-state index contributed by atoms with van der Waals surface area (Å²) >= 11 is 1.49. The van der Waals surface area contributed by atoms with Crippen LogP contribution in [0.1, 0.15) is 22.8 Å². The summed E-state index contributed by atoms with van der Waals surface area (Å²) in [5.74, 6) is -0.531. The number of carbonyl (C=O) groups excluding carboxylic acids is 2. The number of nitrogens with one attached hydrogen (secondary N) is 1. The molecule has 1 amide bonds. The van der Waals surface area contributed by atoms with Gasteiger partial charge in [0.05, 0.1) is 17.9 Å². The van der Waals surface area contributed by atoms with Gasteiger partial charge >= 0.3 is 5.97 Å². The van der Waals surface area contributed by atoms with Crippen molar-refractivity contribution in [2.45, 2.75) is 24.0 Å². The van der Waals surface area contributed by atoms with Crippen molar-refractivity contribution in [3.8, 4) is 0 Å². The molecule has 0 aliphatic heterocycles. The molecule has 0 bridgehead atoms. The normalized spacial score (nSPS) is 11.6. The number of amides is 1. The third kappa shape index (κ3) is 4.60. The quantitative estimate of drug-likeness (QED) is 0.668.